The number of aromatic nitrogens is 1. The molecule has 0 spiro atoms. The summed E-state index contributed by atoms with van der Waals surface area (Å²) in [7, 11) is 0. The van der Waals surface area contributed by atoms with Gasteiger partial charge in [0.2, 0.25) is 0 Å². The standard InChI is InChI=1S/C61H39NO/c1-61(2)54-15-6-3-10-44(54)45-27-21-40(35-55(45)61)37-20-26-43-50-29-28-42(48-13-9-14-49(60(48)50)51(43)32-37)36-18-24-41(25-19-36)62-56-16-7-4-11-46(56)52-33-38(22-30-57(52)62)39-23-31-59-53(34-39)47-12-5-8-17-58(47)63-59/h3-35H,1-2H3. The van der Waals surface area contributed by atoms with Crippen molar-refractivity contribution in [3.63, 3.8) is 0 Å². The van der Waals surface area contributed by atoms with Crippen LogP contribution in [-0.2, 0) is 5.41 Å². The number of hydrogen-bond donors (Lipinski definition) is 0. The highest BCUT2D eigenvalue weighted by molar-refractivity contribution is 6.19. The molecular weight excluding hydrogens is 763 g/mol. The zero-order chi connectivity index (χ0) is 41.6. The lowest BCUT2D eigenvalue weighted by Gasteiger charge is -2.22. The number of fused-ring (bicyclic) bond motifs is 12. The lowest BCUT2D eigenvalue weighted by atomic mass is 9.81. The van der Waals surface area contributed by atoms with Crippen molar-refractivity contribution in [2.24, 2.45) is 0 Å². The van der Waals surface area contributed by atoms with Crippen LogP contribution >= 0.6 is 0 Å². The van der Waals surface area contributed by atoms with Gasteiger partial charge in [-0.2, -0.15) is 0 Å². The number of para-hydroxylation sites is 2. The van der Waals surface area contributed by atoms with E-state index >= 15 is 0 Å². The van der Waals surface area contributed by atoms with E-state index in [0.29, 0.717) is 0 Å². The SMILES string of the molecule is CC1(C)c2ccccc2-c2ccc(-c3ccc4c(c3)-c3cccc5c(-c6ccc(-n7c8ccccc8c8cc(-c9ccc%10oc%11ccccc%11c%10c9)ccc87)cc6)ccc-4c35)cc21. The summed E-state index contributed by atoms with van der Waals surface area (Å²) in [6, 6.07) is 74.2. The van der Waals surface area contributed by atoms with Gasteiger partial charge in [-0.15, -0.1) is 0 Å². The van der Waals surface area contributed by atoms with E-state index in [1.54, 1.807) is 0 Å². The Kier molecular flexibility index (Phi) is 6.93. The molecule has 2 aliphatic carbocycles. The maximum atomic E-state index is 6.14. The van der Waals surface area contributed by atoms with Crippen LogP contribution in [0.1, 0.15) is 25.0 Å². The molecule has 2 heteroatoms. The van der Waals surface area contributed by atoms with Crippen molar-refractivity contribution in [2.45, 2.75) is 19.3 Å². The highest BCUT2D eigenvalue weighted by Gasteiger charge is 2.35. The van der Waals surface area contributed by atoms with E-state index in [1.165, 1.54) is 110 Å². The molecule has 2 nitrogen and oxygen atoms in total. The van der Waals surface area contributed by atoms with E-state index in [4.69, 9.17) is 4.42 Å². The van der Waals surface area contributed by atoms with Gasteiger partial charge in [0.25, 0.3) is 0 Å². The van der Waals surface area contributed by atoms with E-state index in [2.05, 4.69) is 206 Å². The molecule has 2 aromatic heterocycles. The Morgan fingerprint density at radius 1 is 0.333 bits per heavy atom. The van der Waals surface area contributed by atoms with Crippen molar-refractivity contribution in [1.29, 1.82) is 0 Å². The van der Waals surface area contributed by atoms with Gasteiger partial charge in [0.1, 0.15) is 11.2 Å². The molecule has 294 valence electrons. The molecule has 0 saturated carbocycles. The summed E-state index contributed by atoms with van der Waals surface area (Å²) in [4.78, 5) is 0. The van der Waals surface area contributed by atoms with Crippen LogP contribution in [0, 0.1) is 0 Å². The minimum atomic E-state index is -0.0309. The zero-order valence-electron chi connectivity index (χ0n) is 34.9. The molecule has 0 radical (unpaired) electrons. The van der Waals surface area contributed by atoms with Gasteiger partial charge < -0.3 is 8.98 Å². The molecule has 2 aliphatic rings. The largest absolute Gasteiger partial charge is 0.456 e. The normalized spacial score (nSPS) is 13.4. The van der Waals surface area contributed by atoms with Crippen LogP contribution in [0.4, 0.5) is 0 Å². The van der Waals surface area contributed by atoms with Gasteiger partial charge in [-0.05, 0) is 149 Å². The van der Waals surface area contributed by atoms with Gasteiger partial charge in [-0.3, -0.25) is 0 Å². The molecule has 63 heavy (non-hydrogen) atoms. The number of furan rings is 1. The molecule has 0 amide bonds. The topological polar surface area (TPSA) is 18.1 Å². The van der Waals surface area contributed by atoms with E-state index < -0.39 is 0 Å². The highest BCUT2D eigenvalue weighted by atomic mass is 16.3. The van der Waals surface area contributed by atoms with Crippen LogP contribution in [0.15, 0.2) is 205 Å². The van der Waals surface area contributed by atoms with Crippen molar-refractivity contribution < 1.29 is 4.42 Å². The molecule has 0 bridgehead atoms. The van der Waals surface area contributed by atoms with Gasteiger partial charge >= 0.3 is 0 Å². The van der Waals surface area contributed by atoms with Crippen molar-refractivity contribution in [3.8, 4) is 72.4 Å². The van der Waals surface area contributed by atoms with Crippen molar-refractivity contribution in [3.05, 3.63) is 211 Å². The summed E-state index contributed by atoms with van der Waals surface area (Å²) in [6.45, 7) is 4.72. The predicted molar refractivity (Wildman–Crippen MR) is 264 cm³/mol. The quantitative estimate of drug-likeness (QED) is 0.173. The Labute approximate surface area is 364 Å². The molecule has 12 aromatic rings. The molecule has 14 rings (SSSR count). The van der Waals surface area contributed by atoms with Crippen molar-refractivity contribution >= 4 is 54.5 Å². The molecule has 0 saturated heterocycles. The summed E-state index contributed by atoms with van der Waals surface area (Å²) < 4.78 is 8.55. The summed E-state index contributed by atoms with van der Waals surface area (Å²) in [5, 5.41) is 7.41. The lowest BCUT2D eigenvalue weighted by molar-refractivity contribution is 0.660. The Hall–Kier alpha value is -7.94. The van der Waals surface area contributed by atoms with Crippen molar-refractivity contribution in [1.82, 2.24) is 4.57 Å². The average molecular weight is 802 g/mol. The maximum absolute atomic E-state index is 6.14. The van der Waals surface area contributed by atoms with Crippen LogP contribution in [0.5, 0.6) is 0 Å². The minimum Gasteiger partial charge on any atom is -0.456 e. The molecule has 0 N–H and O–H groups in total. The first kappa shape index (κ1) is 34.7. The fourth-order valence-electron chi connectivity index (χ4n) is 11.3. The molecule has 0 unspecified atom stereocenters. The smallest absolute Gasteiger partial charge is 0.135 e. The summed E-state index contributed by atoms with van der Waals surface area (Å²) >= 11 is 0. The highest BCUT2D eigenvalue weighted by Crippen LogP contribution is 2.52. The van der Waals surface area contributed by atoms with Gasteiger partial charge in [0.05, 0.1) is 11.0 Å². The number of nitrogens with zero attached hydrogens (tertiary/aromatic N) is 1. The van der Waals surface area contributed by atoms with E-state index in [1.807, 2.05) is 12.1 Å². The first-order valence-corrected chi connectivity index (χ1v) is 22.0. The first-order valence-electron chi connectivity index (χ1n) is 22.0. The van der Waals surface area contributed by atoms with Crippen LogP contribution in [0.2, 0.25) is 0 Å². The molecular formula is C61H39NO. The number of benzene rings is 10. The van der Waals surface area contributed by atoms with E-state index in [9.17, 15) is 0 Å². The van der Waals surface area contributed by atoms with Crippen LogP contribution in [-0.4, -0.2) is 4.57 Å². The number of rotatable bonds is 4. The Morgan fingerprint density at radius 2 is 0.905 bits per heavy atom. The van der Waals surface area contributed by atoms with E-state index in [-0.39, 0.29) is 5.41 Å². The lowest BCUT2D eigenvalue weighted by Crippen LogP contribution is -2.14. The molecule has 0 aliphatic heterocycles. The fourth-order valence-corrected chi connectivity index (χ4v) is 11.3. The summed E-state index contributed by atoms with van der Waals surface area (Å²) in [5.74, 6) is 0. The molecule has 0 fully saturated rings. The molecule has 10 aromatic carbocycles. The van der Waals surface area contributed by atoms with Gasteiger partial charge in [0, 0.05) is 32.6 Å². The molecule has 2 heterocycles. The second kappa shape index (κ2) is 12.6. The third kappa shape index (κ3) is 4.84. The predicted octanol–water partition coefficient (Wildman–Crippen LogP) is 16.8. The van der Waals surface area contributed by atoms with Gasteiger partial charge in [0.15, 0.2) is 0 Å². The van der Waals surface area contributed by atoms with E-state index in [0.717, 1.165) is 27.6 Å². The first-order chi connectivity index (χ1) is 31.0. The second-order valence-electron chi connectivity index (χ2n) is 18.0. The third-order valence-corrected chi connectivity index (χ3v) is 14.4. The van der Waals surface area contributed by atoms with Gasteiger partial charge in [-0.1, -0.05) is 153 Å². The van der Waals surface area contributed by atoms with Crippen LogP contribution < -0.4 is 0 Å². The van der Waals surface area contributed by atoms with Gasteiger partial charge in [-0.25, -0.2) is 0 Å². The maximum Gasteiger partial charge on any atom is 0.135 e. The zero-order valence-corrected chi connectivity index (χ0v) is 34.9. The fraction of sp³-hybridized carbons (Fsp3) is 0.0492. The third-order valence-electron chi connectivity index (χ3n) is 14.4. The monoisotopic (exact) mass is 801 g/mol. The second-order valence-corrected chi connectivity index (χ2v) is 18.0. The molecule has 0 atom stereocenters. The average Bonchev–Trinajstić information content (AvgIpc) is 4.04. The summed E-state index contributed by atoms with van der Waals surface area (Å²) in [5.41, 5.74) is 23.5. The Balaban J connectivity index is 0.825. The minimum absolute atomic E-state index is 0.0309. The van der Waals surface area contributed by atoms with Crippen molar-refractivity contribution in [2.75, 3.05) is 0 Å². The van der Waals surface area contributed by atoms with Crippen LogP contribution in [0.3, 0.4) is 0 Å². The van der Waals surface area contributed by atoms with Crippen LogP contribution in [0.25, 0.3) is 127 Å². The Bertz CT molecular complexity index is 3930. The number of hydrogen-bond acceptors (Lipinski definition) is 1. The Morgan fingerprint density at radius 3 is 1.79 bits per heavy atom. The summed E-state index contributed by atoms with van der Waals surface area (Å²) in [6.07, 6.45) is 0.